The average molecular weight is 304 g/mol. The van der Waals surface area contributed by atoms with Crippen LogP contribution in [0.25, 0.3) is 6.08 Å². The molecule has 0 fully saturated rings. The molecule has 0 amide bonds. The zero-order valence-corrected chi connectivity index (χ0v) is 12.7. The molecule has 2 aromatic rings. The Morgan fingerprint density at radius 3 is 2.95 bits per heavy atom. The number of nitrogens with zero attached hydrogens (tertiary/aromatic N) is 4. The van der Waals surface area contributed by atoms with Gasteiger partial charge in [-0.25, -0.2) is 4.98 Å². The molecule has 0 saturated heterocycles. The van der Waals surface area contributed by atoms with Crippen LogP contribution in [-0.2, 0) is 4.74 Å². The Morgan fingerprint density at radius 1 is 1.48 bits per heavy atom. The summed E-state index contributed by atoms with van der Waals surface area (Å²) in [5.41, 5.74) is 1.22. The highest BCUT2D eigenvalue weighted by Gasteiger charge is 2.05. The summed E-state index contributed by atoms with van der Waals surface area (Å²) in [4.78, 5) is 18.1. The van der Waals surface area contributed by atoms with E-state index in [0.717, 1.165) is 29.5 Å². The first-order valence-corrected chi connectivity index (χ1v) is 7.20. The molecule has 0 aliphatic rings. The Labute approximate surface area is 127 Å². The fourth-order valence-corrected chi connectivity index (χ4v) is 2.04. The van der Waals surface area contributed by atoms with Crippen LogP contribution < -0.4 is 4.90 Å². The Morgan fingerprint density at radius 2 is 2.33 bits per heavy atom. The third-order valence-corrected chi connectivity index (χ3v) is 3.34. The van der Waals surface area contributed by atoms with E-state index in [1.807, 2.05) is 24.1 Å². The van der Waals surface area contributed by atoms with Crippen molar-refractivity contribution in [3.63, 3.8) is 0 Å². The normalized spacial score (nSPS) is 11.0. The maximum Gasteiger partial charge on any atom is 0.207 e. The quantitative estimate of drug-likeness (QED) is 0.575. The van der Waals surface area contributed by atoms with Gasteiger partial charge in [0.25, 0.3) is 0 Å². The molecule has 0 bridgehead atoms. The smallest absolute Gasteiger partial charge is 0.207 e. The number of ketones is 1. The molecule has 0 N–H and O–H groups in total. The molecule has 0 aliphatic carbocycles. The van der Waals surface area contributed by atoms with Gasteiger partial charge in [0.2, 0.25) is 5.78 Å². The number of anilines is 1. The first-order chi connectivity index (χ1) is 10.2. The van der Waals surface area contributed by atoms with E-state index < -0.39 is 0 Å². The largest absolute Gasteiger partial charge is 0.383 e. The Bertz CT molecular complexity index is 596. The predicted octanol–water partition coefficient (Wildman–Crippen LogP) is 1.91. The van der Waals surface area contributed by atoms with Crippen molar-refractivity contribution in [3.05, 3.63) is 41.0 Å². The SMILES string of the molecule is COCCN(C)c1ccc(/C=C/C(=O)c2csnn2)cn1. The van der Waals surface area contributed by atoms with Crippen molar-refractivity contribution in [3.8, 4) is 0 Å². The van der Waals surface area contributed by atoms with Gasteiger partial charge in [0.05, 0.1) is 6.61 Å². The van der Waals surface area contributed by atoms with E-state index in [2.05, 4.69) is 14.6 Å². The zero-order valence-electron chi connectivity index (χ0n) is 11.9. The van der Waals surface area contributed by atoms with Crippen molar-refractivity contribution in [2.24, 2.45) is 0 Å². The number of hydrogen-bond acceptors (Lipinski definition) is 7. The number of rotatable bonds is 7. The Hall–Kier alpha value is -2.12. The molecular weight excluding hydrogens is 288 g/mol. The molecular formula is C14H16N4O2S. The number of methoxy groups -OCH3 is 1. The van der Waals surface area contributed by atoms with Gasteiger partial charge in [-0.1, -0.05) is 4.49 Å². The summed E-state index contributed by atoms with van der Waals surface area (Å²) in [6.07, 6.45) is 4.91. The second kappa shape index (κ2) is 7.61. The summed E-state index contributed by atoms with van der Waals surface area (Å²) in [5.74, 6) is 0.698. The van der Waals surface area contributed by atoms with Crippen LogP contribution in [0.4, 0.5) is 5.82 Å². The molecule has 0 radical (unpaired) electrons. The van der Waals surface area contributed by atoms with Crippen LogP contribution >= 0.6 is 11.5 Å². The fraction of sp³-hybridized carbons (Fsp3) is 0.286. The molecule has 0 spiro atoms. The highest BCUT2D eigenvalue weighted by Crippen LogP contribution is 2.11. The highest BCUT2D eigenvalue weighted by molar-refractivity contribution is 7.03. The minimum Gasteiger partial charge on any atom is -0.383 e. The van der Waals surface area contributed by atoms with Crippen LogP contribution in [0.5, 0.6) is 0 Å². The van der Waals surface area contributed by atoms with Crippen LogP contribution in [0.15, 0.2) is 29.8 Å². The van der Waals surface area contributed by atoms with E-state index >= 15 is 0 Å². The second-order valence-electron chi connectivity index (χ2n) is 4.35. The van der Waals surface area contributed by atoms with E-state index in [1.54, 1.807) is 24.8 Å². The van der Waals surface area contributed by atoms with Crippen molar-refractivity contribution in [2.45, 2.75) is 0 Å². The summed E-state index contributed by atoms with van der Waals surface area (Å²) in [6.45, 7) is 1.42. The van der Waals surface area contributed by atoms with E-state index in [1.165, 1.54) is 6.08 Å². The average Bonchev–Trinajstić information content (AvgIpc) is 3.05. The molecule has 110 valence electrons. The van der Waals surface area contributed by atoms with Crippen molar-refractivity contribution < 1.29 is 9.53 Å². The minimum atomic E-state index is -0.162. The lowest BCUT2D eigenvalue weighted by Crippen LogP contribution is -2.22. The van der Waals surface area contributed by atoms with E-state index in [-0.39, 0.29) is 5.78 Å². The van der Waals surface area contributed by atoms with Crippen LogP contribution in [0, 0.1) is 0 Å². The number of pyridine rings is 1. The number of ether oxygens (including phenoxy) is 1. The Kier molecular flexibility index (Phi) is 5.53. The number of hydrogen-bond donors (Lipinski definition) is 0. The van der Waals surface area contributed by atoms with Gasteiger partial charge in [-0.2, -0.15) is 0 Å². The second-order valence-corrected chi connectivity index (χ2v) is 4.96. The van der Waals surface area contributed by atoms with Gasteiger partial charge in [0, 0.05) is 32.3 Å². The summed E-state index contributed by atoms with van der Waals surface area (Å²) < 4.78 is 8.69. The highest BCUT2D eigenvalue weighted by atomic mass is 32.1. The van der Waals surface area contributed by atoms with E-state index in [0.29, 0.717) is 12.3 Å². The molecule has 2 aromatic heterocycles. The van der Waals surface area contributed by atoms with Crippen LogP contribution in [-0.4, -0.2) is 47.7 Å². The predicted molar refractivity (Wildman–Crippen MR) is 82.7 cm³/mol. The molecule has 6 nitrogen and oxygen atoms in total. The molecule has 0 aromatic carbocycles. The molecule has 21 heavy (non-hydrogen) atoms. The summed E-state index contributed by atoms with van der Waals surface area (Å²) in [6, 6.07) is 3.82. The standard InChI is InChI=1S/C14H16N4O2S/c1-18(7-8-20-2)14-6-4-11(9-15-14)3-5-13(19)12-10-21-17-16-12/h3-6,9-10H,7-8H2,1-2H3/b5-3+. The number of likely N-dealkylation sites (N-methyl/N-ethyl adjacent to an activating group) is 1. The van der Waals surface area contributed by atoms with Gasteiger partial charge >= 0.3 is 0 Å². The first-order valence-electron chi connectivity index (χ1n) is 6.36. The Balaban J connectivity index is 1.97. The lowest BCUT2D eigenvalue weighted by atomic mass is 10.2. The summed E-state index contributed by atoms with van der Waals surface area (Å²) >= 11 is 1.16. The zero-order chi connectivity index (χ0) is 15.1. The molecule has 2 heterocycles. The van der Waals surface area contributed by atoms with Gasteiger partial charge in [-0.3, -0.25) is 4.79 Å². The van der Waals surface area contributed by atoms with E-state index in [4.69, 9.17) is 4.74 Å². The third-order valence-electron chi connectivity index (χ3n) is 2.83. The van der Waals surface area contributed by atoms with Gasteiger partial charge < -0.3 is 9.64 Å². The lowest BCUT2D eigenvalue weighted by molar-refractivity contribution is 0.104. The van der Waals surface area contributed by atoms with Crippen LogP contribution in [0.3, 0.4) is 0 Å². The molecule has 0 saturated carbocycles. The number of carbonyl (C=O) groups excluding carboxylic acids is 1. The van der Waals surface area contributed by atoms with Gasteiger partial charge in [-0.05, 0) is 41.4 Å². The topological polar surface area (TPSA) is 68.2 Å². The first kappa shape index (κ1) is 15.3. The third kappa shape index (κ3) is 4.44. The molecule has 0 atom stereocenters. The number of allylic oxidation sites excluding steroid dienone is 1. The number of carbonyl (C=O) groups is 1. The maximum absolute atomic E-state index is 11.7. The van der Waals surface area contributed by atoms with Crippen molar-refractivity contribution in [1.82, 2.24) is 14.6 Å². The van der Waals surface area contributed by atoms with Crippen molar-refractivity contribution in [1.29, 1.82) is 0 Å². The van der Waals surface area contributed by atoms with Crippen LogP contribution in [0.2, 0.25) is 0 Å². The molecule has 0 unspecified atom stereocenters. The lowest BCUT2D eigenvalue weighted by Gasteiger charge is -2.17. The monoisotopic (exact) mass is 304 g/mol. The minimum absolute atomic E-state index is 0.162. The van der Waals surface area contributed by atoms with Crippen molar-refractivity contribution >= 4 is 29.2 Å². The van der Waals surface area contributed by atoms with Gasteiger partial charge in [0.1, 0.15) is 11.5 Å². The van der Waals surface area contributed by atoms with E-state index in [9.17, 15) is 4.79 Å². The van der Waals surface area contributed by atoms with Gasteiger partial charge in [-0.15, -0.1) is 5.10 Å². The maximum atomic E-state index is 11.7. The summed E-state index contributed by atoms with van der Waals surface area (Å²) in [7, 11) is 3.62. The number of aromatic nitrogens is 3. The molecule has 0 aliphatic heterocycles. The van der Waals surface area contributed by atoms with Crippen LogP contribution in [0.1, 0.15) is 16.1 Å². The van der Waals surface area contributed by atoms with Crippen molar-refractivity contribution in [2.75, 3.05) is 32.2 Å². The fourth-order valence-electron chi connectivity index (χ4n) is 1.59. The summed E-state index contributed by atoms with van der Waals surface area (Å²) in [5, 5.41) is 5.35. The molecule has 7 heteroatoms. The van der Waals surface area contributed by atoms with Gasteiger partial charge in [0.15, 0.2) is 0 Å². The molecule has 2 rings (SSSR count).